The van der Waals surface area contributed by atoms with Crippen LogP contribution in [0.5, 0.6) is 0 Å². The zero-order chi connectivity index (χ0) is 20.2. The number of rotatable bonds is 7. The summed E-state index contributed by atoms with van der Waals surface area (Å²) in [6.45, 7) is 3.48. The third kappa shape index (κ3) is 4.72. The fraction of sp³-hybridized carbons (Fsp3) is 0.263. The normalized spacial score (nSPS) is 12.8. The first-order valence-corrected chi connectivity index (χ1v) is 9.75. The summed E-state index contributed by atoms with van der Waals surface area (Å²) in [5, 5.41) is 11.9. The van der Waals surface area contributed by atoms with Crippen molar-refractivity contribution >= 4 is 21.9 Å². The number of carboxylic acid groups (broad SMARTS) is 1. The minimum atomic E-state index is -3.75. The van der Waals surface area contributed by atoms with Crippen LogP contribution in [-0.4, -0.2) is 42.8 Å². The number of aliphatic carboxylic acids is 1. The maximum absolute atomic E-state index is 12.6. The van der Waals surface area contributed by atoms with Crippen molar-refractivity contribution in [1.82, 2.24) is 9.62 Å². The number of amides is 1. The molecular formula is C19H22N2O5S. The molecule has 0 aliphatic carbocycles. The van der Waals surface area contributed by atoms with Crippen molar-refractivity contribution in [2.45, 2.75) is 30.8 Å². The number of nitrogens with zero attached hydrogens (tertiary/aromatic N) is 1. The van der Waals surface area contributed by atoms with Crippen LogP contribution in [0.2, 0.25) is 0 Å². The molecule has 27 heavy (non-hydrogen) atoms. The summed E-state index contributed by atoms with van der Waals surface area (Å²) >= 11 is 0. The molecule has 2 N–H and O–H groups in total. The molecule has 0 saturated carbocycles. The number of hydrogen-bond donors (Lipinski definition) is 2. The Morgan fingerprint density at radius 3 is 2.22 bits per heavy atom. The topological polar surface area (TPSA) is 104 Å². The summed E-state index contributed by atoms with van der Waals surface area (Å²) in [4.78, 5) is 24.0. The fourth-order valence-electron chi connectivity index (χ4n) is 2.39. The molecule has 8 heteroatoms. The Morgan fingerprint density at radius 2 is 1.67 bits per heavy atom. The van der Waals surface area contributed by atoms with E-state index in [-0.39, 0.29) is 16.5 Å². The zero-order valence-corrected chi connectivity index (χ0v) is 16.1. The van der Waals surface area contributed by atoms with Crippen LogP contribution in [0.1, 0.15) is 35.8 Å². The molecule has 0 fully saturated rings. The number of sulfonamides is 1. The molecule has 0 bridgehead atoms. The average Bonchev–Trinajstić information content (AvgIpc) is 2.65. The van der Waals surface area contributed by atoms with Gasteiger partial charge in [-0.15, -0.1) is 0 Å². The van der Waals surface area contributed by atoms with Crippen molar-refractivity contribution in [3.8, 4) is 0 Å². The number of carbonyl (C=O) groups excluding carboxylic acids is 1. The second-order valence-corrected chi connectivity index (χ2v) is 8.30. The van der Waals surface area contributed by atoms with Crippen molar-refractivity contribution in [3.05, 3.63) is 65.7 Å². The predicted octanol–water partition coefficient (Wildman–Crippen LogP) is 2.27. The maximum atomic E-state index is 12.6. The Kier molecular flexibility index (Phi) is 6.35. The summed E-state index contributed by atoms with van der Waals surface area (Å²) < 4.78 is 26.4. The highest BCUT2D eigenvalue weighted by Gasteiger charge is 2.26. The predicted molar refractivity (Wildman–Crippen MR) is 101 cm³/mol. The summed E-state index contributed by atoms with van der Waals surface area (Å²) in [7, 11) is -2.29. The number of benzene rings is 2. The van der Waals surface area contributed by atoms with E-state index in [1.807, 2.05) is 0 Å². The van der Waals surface area contributed by atoms with Crippen LogP contribution in [0.4, 0.5) is 0 Å². The lowest BCUT2D eigenvalue weighted by Crippen LogP contribution is -2.34. The lowest BCUT2D eigenvalue weighted by Gasteiger charge is -2.21. The van der Waals surface area contributed by atoms with Gasteiger partial charge >= 0.3 is 5.97 Å². The van der Waals surface area contributed by atoms with E-state index in [9.17, 15) is 23.1 Å². The van der Waals surface area contributed by atoms with Gasteiger partial charge in [-0.1, -0.05) is 36.4 Å². The Balaban J connectivity index is 2.31. The number of hydrogen-bond acceptors (Lipinski definition) is 4. The Hall–Kier alpha value is -2.71. The molecule has 0 unspecified atom stereocenters. The first kappa shape index (κ1) is 20.6. The van der Waals surface area contributed by atoms with Crippen LogP contribution >= 0.6 is 0 Å². The van der Waals surface area contributed by atoms with Crippen molar-refractivity contribution < 1.29 is 23.1 Å². The third-order valence-corrected chi connectivity index (χ3v) is 6.19. The van der Waals surface area contributed by atoms with Crippen molar-refractivity contribution in [3.63, 3.8) is 0 Å². The Labute approximate surface area is 158 Å². The molecular weight excluding hydrogens is 368 g/mol. The monoisotopic (exact) mass is 390 g/mol. The van der Waals surface area contributed by atoms with E-state index < -0.39 is 27.9 Å². The van der Waals surface area contributed by atoms with Crippen LogP contribution in [0.3, 0.4) is 0 Å². The Morgan fingerprint density at radius 1 is 1.04 bits per heavy atom. The number of nitrogens with one attached hydrogen (secondary N) is 1. The molecule has 0 saturated heterocycles. The summed E-state index contributed by atoms with van der Waals surface area (Å²) in [6.07, 6.45) is 0. The molecule has 7 nitrogen and oxygen atoms in total. The lowest BCUT2D eigenvalue weighted by molar-refractivity contribution is -0.139. The number of carbonyl (C=O) groups is 2. The molecule has 0 spiro atoms. The van der Waals surface area contributed by atoms with Crippen LogP contribution in [-0.2, 0) is 14.8 Å². The maximum Gasteiger partial charge on any atom is 0.330 e. The molecule has 0 heterocycles. The number of carboxylic acids is 1. The van der Waals surface area contributed by atoms with Gasteiger partial charge in [-0.25, -0.2) is 13.2 Å². The van der Waals surface area contributed by atoms with Gasteiger partial charge in [0.25, 0.3) is 5.91 Å². The fourth-order valence-corrected chi connectivity index (χ4v) is 3.80. The molecule has 0 aliphatic heterocycles. The van der Waals surface area contributed by atoms with Gasteiger partial charge in [-0.3, -0.25) is 4.79 Å². The molecule has 144 valence electrons. The van der Waals surface area contributed by atoms with E-state index in [1.165, 1.54) is 35.6 Å². The average molecular weight is 390 g/mol. The van der Waals surface area contributed by atoms with Gasteiger partial charge in [0.05, 0.1) is 4.90 Å². The highest BCUT2D eigenvalue weighted by Crippen LogP contribution is 2.19. The second-order valence-electron chi connectivity index (χ2n) is 6.30. The highest BCUT2D eigenvalue weighted by molar-refractivity contribution is 7.89. The van der Waals surface area contributed by atoms with E-state index >= 15 is 0 Å². The van der Waals surface area contributed by atoms with E-state index in [0.29, 0.717) is 5.56 Å². The van der Waals surface area contributed by atoms with E-state index in [2.05, 4.69) is 5.32 Å². The molecule has 1 amide bonds. The van der Waals surface area contributed by atoms with Gasteiger partial charge in [0.1, 0.15) is 0 Å². The van der Waals surface area contributed by atoms with Gasteiger partial charge in [-0.05, 0) is 37.6 Å². The van der Waals surface area contributed by atoms with Crippen LogP contribution in [0, 0.1) is 0 Å². The second kappa shape index (κ2) is 8.32. The molecule has 0 aliphatic rings. The van der Waals surface area contributed by atoms with Gasteiger partial charge < -0.3 is 10.4 Å². The smallest absolute Gasteiger partial charge is 0.330 e. The van der Waals surface area contributed by atoms with E-state index in [4.69, 9.17) is 0 Å². The van der Waals surface area contributed by atoms with Crippen LogP contribution in [0.25, 0.3) is 0 Å². The van der Waals surface area contributed by atoms with Crippen LogP contribution < -0.4 is 5.32 Å². The summed E-state index contributed by atoms with van der Waals surface area (Å²) in [6, 6.07) is 12.3. The molecule has 2 rings (SSSR count). The first-order valence-electron chi connectivity index (χ1n) is 8.31. The molecule has 1 atom stereocenters. The highest BCUT2D eigenvalue weighted by atomic mass is 32.2. The lowest BCUT2D eigenvalue weighted by atomic mass is 10.1. The van der Waals surface area contributed by atoms with Gasteiger partial charge in [0.2, 0.25) is 10.0 Å². The van der Waals surface area contributed by atoms with Crippen molar-refractivity contribution in [2.75, 3.05) is 7.05 Å². The Bertz CT molecular complexity index is 926. The third-order valence-electron chi connectivity index (χ3n) is 4.16. The van der Waals surface area contributed by atoms with Gasteiger partial charge in [-0.2, -0.15) is 4.31 Å². The molecule has 0 aromatic heterocycles. The molecule has 2 aromatic rings. The first-order chi connectivity index (χ1) is 12.6. The van der Waals surface area contributed by atoms with Crippen molar-refractivity contribution in [2.24, 2.45) is 0 Å². The molecule has 2 aromatic carbocycles. The summed E-state index contributed by atoms with van der Waals surface area (Å²) in [5.41, 5.74) is 0.483. The van der Waals surface area contributed by atoms with Gasteiger partial charge in [0, 0.05) is 18.7 Å². The zero-order valence-electron chi connectivity index (χ0n) is 15.3. The van der Waals surface area contributed by atoms with Crippen molar-refractivity contribution in [1.29, 1.82) is 0 Å². The minimum Gasteiger partial charge on any atom is -0.479 e. The van der Waals surface area contributed by atoms with Crippen LogP contribution in [0.15, 0.2) is 59.5 Å². The van der Waals surface area contributed by atoms with E-state index in [0.717, 1.165) is 0 Å². The summed E-state index contributed by atoms with van der Waals surface area (Å²) in [5.74, 6) is -1.88. The standard InChI is InChI=1S/C19H22N2O5S/c1-13(2)21(3)27(25,26)16-11-7-10-15(12-16)18(22)20-17(19(23)24)14-8-5-4-6-9-14/h4-13,17H,1-3H3,(H,20,22)(H,23,24)/t17-/m1/s1. The van der Waals surface area contributed by atoms with Gasteiger partial charge in [0.15, 0.2) is 6.04 Å². The quantitative estimate of drug-likeness (QED) is 0.755. The minimum absolute atomic E-state index is 0.0297. The SMILES string of the molecule is CC(C)N(C)S(=O)(=O)c1cccc(C(=O)N[C@@H](C(=O)O)c2ccccc2)c1. The largest absolute Gasteiger partial charge is 0.479 e. The molecule has 0 radical (unpaired) electrons. The van der Waals surface area contributed by atoms with E-state index in [1.54, 1.807) is 44.2 Å².